The van der Waals surface area contributed by atoms with E-state index in [0.717, 1.165) is 29.2 Å². The van der Waals surface area contributed by atoms with E-state index in [1.165, 1.54) is 23.4 Å². The van der Waals surface area contributed by atoms with Gasteiger partial charge in [0.1, 0.15) is 11.6 Å². The molecular formula is C23H24FNOS. The lowest BCUT2D eigenvalue weighted by Gasteiger charge is -2.15. The highest BCUT2D eigenvalue weighted by atomic mass is 32.2. The molecule has 4 heteroatoms. The van der Waals surface area contributed by atoms with Crippen molar-refractivity contribution < 1.29 is 9.13 Å². The lowest BCUT2D eigenvalue weighted by Crippen LogP contribution is -2.21. The summed E-state index contributed by atoms with van der Waals surface area (Å²) in [6.45, 7) is 2.96. The van der Waals surface area contributed by atoms with E-state index in [9.17, 15) is 4.39 Å². The van der Waals surface area contributed by atoms with Gasteiger partial charge in [-0.25, -0.2) is 4.39 Å². The largest absolute Gasteiger partial charge is 0.496 e. The van der Waals surface area contributed by atoms with Gasteiger partial charge in [0, 0.05) is 28.8 Å². The van der Waals surface area contributed by atoms with Gasteiger partial charge < -0.3 is 10.1 Å². The monoisotopic (exact) mass is 381 g/mol. The second kappa shape index (κ2) is 9.58. The van der Waals surface area contributed by atoms with Crippen molar-refractivity contribution >= 4 is 11.8 Å². The van der Waals surface area contributed by atoms with Crippen LogP contribution in [0.25, 0.3) is 11.1 Å². The van der Waals surface area contributed by atoms with Gasteiger partial charge in [-0.3, -0.25) is 0 Å². The second-order valence-corrected chi connectivity index (χ2v) is 7.41. The molecule has 27 heavy (non-hydrogen) atoms. The number of hydrogen-bond acceptors (Lipinski definition) is 3. The number of methoxy groups -OCH3 is 1. The SMILES string of the molecule is COc1ccccc1-c1ccc(C(C)NCCSc2ccccc2F)cc1. The van der Waals surface area contributed by atoms with Crippen LogP contribution in [0.1, 0.15) is 18.5 Å². The molecule has 0 radical (unpaired) electrons. The summed E-state index contributed by atoms with van der Waals surface area (Å²) >= 11 is 1.54. The number of rotatable bonds is 8. The van der Waals surface area contributed by atoms with E-state index in [2.05, 4.69) is 42.6 Å². The Labute approximate surface area is 164 Å². The Hall–Kier alpha value is -2.30. The first kappa shape index (κ1) is 19.5. The lowest BCUT2D eigenvalue weighted by atomic mass is 10.0. The third kappa shape index (κ3) is 5.12. The first-order chi connectivity index (χ1) is 13.2. The van der Waals surface area contributed by atoms with Gasteiger partial charge in [0.05, 0.1) is 7.11 Å². The molecule has 0 heterocycles. The molecule has 0 aliphatic rings. The zero-order valence-electron chi connectivity index (χ0n) is 15.6. The van der Waals surface area contributed by atoms with Gasteiger partial charge in [-0.2, -0.15) is 0 Å². The highest BCUT2D eigenvalue weighted by Crippen LogP contribution is 2.30. The van der Waals surface area contributed by atoms with Crippen LogP contribution in [0.2, 0.25) is 0 Å². The van der Waals surface area contributed by atoms with Gasteiger partial charge in [-0.05, 0) is 36.2 Å². The fourth-order valence-electron chi connectivity index (χ4n) is 2.95. The Morgan fingerprint density at radius 1 is 0.963 bits per heavy atom. The summed E-state index contributed by atoms with van der Waals surface area (Å²) in [7, 11) is 1.69. The highest BCUT2D eigenvalue weighted by Gasteiger charge is 2.08. The average Bonchev–Trinajstić information content (AvgIpc) is 2.72. The maximum atomic E-state index is 13.6. The molecule has 0 fully saturated rings. The summed E-state index contributed by atoms with van der Waals surface area (Å²) in [6, 6.07) is 23.7. The van der Waals surface area contributed by atoms with Crippen LogP contribution in [0, 0.1) is 5.82 Å². The molecule has 0 aliphatic heterocycles. The smallest absolute Gasteiger partial charge is 0.136 e. The molecule has 1 unspecified atom stereocenters. The van der Waals surface area contributed by atoms with E-state index in [1.54, 1.807) is 13.2 Å². The van der Waals surface area contributed by atoms with Crippen molar-refractivity contribution in [1.82, 2.24) is 5.32 Å². The van der Waals surface area contributed by atoms with Crippen LogP contribution in [-0.4, -0.2) is 19.4 Å². The molecule has 0 aromatic heterocycles. The van der Waals surface area contributed by atoms with Gasteiger partial charge >= 0.3 is 0 Å². The maximum absolute atomic E-state index is 13.6. The van der Waals surface area contributed by atoms with Gasteiger partial charge in [0.2, 0.25) is 0 Å². The quantitative estimate of drug-likeness (QED) is 0.385. The third-order valence-electron chi connectivity index (χ3n) is 4.48. The molecule has 3 rings (SSSR count). The van der Waals surface area contributed by atoms with E-state index in [0.29, 0.717) is 4.90 Å². The second-order valence-electron chi connectivity index (χ2n) is 6.28. The maximum Gasteiger partial charge on any atom is 0.136 e. The van der Waals surface area contributed by atoms with Crippen LogP contribution in [0.3, 0.4) is 0 Å². The number of para-hydroxylation sites is 1. The normalized spacial score (nSPS) is 12.0. The molecule has 0 saturated carbocycles. The molecule has 0 bridgehead atoms. The molecule has 2 nitrogen and oxygen atoms in total. The molecule has 1 atom stereocenters. The summed E-state index contributed by atoms with van der Waals surface area (Å²) in [6.07, 6.45) is 0. The average molecular weight is 382 g/mol. The summed E-state index contributed by atoms with van der Waals surface area (Å²) in [5.41, 5.74) is 3.46. The molecule has 0 amide bonds. The molecule has 3 aromatic rings. The third-order valence-corrected chi connectivity index (χ3v) is 5.53. The van der Waals surface area contributed by atoms with Crippen LogP contribution in [0.5, 0.6) is 5.75 Å². The Bertz CT molecular complexity index is 866. The summed E-state index contributed by atoms with van der Waals surface area (Å²) in [5.74, 6) is 1.55. The number of nitrogens with one attached hydrogen (secondary N) is 1. The predicted molar refractivity (Wildman–Crippen MR) is 112 cm³/mol. The topological polar surface area (TPSA) is 21.3 Å². The van der Waals surface area contributed by atoms with Crippen molar-refractivity contribution in [2.75, 3.05) is 19.4 Å². The summed E-state index contributed by atoms with van der Waals surface area (Å²) < 4.78 is 19.1. The molecule has 0 saturated heterocycles. The molecule has 1 N–H and O–H groups in total. The Balaban J connectivity index is 1.54. The van der Waals surface area contributed by atoms with Crippen LogP contribution < -0.4 is 10.1 Å². The first-order valence-electron chi connectivity index (χ1n) is 9.03. The van der Waals surface area contributed by atoms with Gasteiger partial charge in [0.25, 0.3) is 0 Å². The van der Waals surface area contributed by atoms with Crippen LogP contribution >= 0.6 is 11.8 Å². The lowest BCUT2D eigenvalue weighted by molar-refractivity contribution is 0.416. The van der Waals surface area contributed by atoms with Crippen molar-refractivity contribution in [2.45, 2.75) is 17.9 Å². The van der Waals surface area contributed by atoms with Crippen LogP contribution in [0.4, 0.5) is 4.39 Å². The fourth-order valence-corrected chi connectivity index (χ4v) is 3.77. The van der Waals surface area contributed by atoms with Crippen molar-refractivity contribution in [3.63, 3.8) is 0 Å². The molecule has 0 aliphatic carbocycles. The minimum absolute atomic E-state index is 0.150. The van der Waals surface area contributed by atoms with Crippen LogP contribution in [-0.2, 0) is 0 Å². The Kier molecular flexibility index (Phi) is 6.91. The van der Waals surface area contributed by atoms with Gasteiger partial charge in [-0.15, -0.1) is 11.8 Å². The molecular weight excluding hydrogens is 357 g/mol. The van der Waals surface area contributed by atoms with Gasteiger partial charge in [0.15, 0.2) is 0 Å². The summed E-state index contributed by atoms with van der Waals surface area (Å²) in [4.78, 5) is 0.702. The first-order valence-corrected chi connectivity index (χ1v) is 10.0. The minimum atomic E-state index is -0.150. The van der Waals surface area contributed by atoms with E-state index in [4.69, 9.17) is 4.74 Å². The number of thioether (sulfide) groups is 1. The molecule has 3 aromatic carbocycles. The molecule has 0 spiro atoms. The summed E-state index contributed by atoms with van der Waals surface area (Å²) in [5, 5.41) is 3.50. The van der Waals surface area contributed by atoms with E-state index in [1.807, 2.05) is 30.3 Å². The Morgan fingerprint density at radius 3 is 2.41 bits per heavy atom. The van der Waals surface area contributed by atoms with Crippen molar-refractivity contribution in [2.24, 2.45) is 0 Å². The number of ether oxygens (including phenoxy) is 1. The van der Waals surface area contributed by atoms with E-state index < -0.39 is 0 Å². The van der Waals surface area contributed by atoms with Gasteiger partial charge in [-0.1, -0.05) is 54.6 Å². The predicted octanol–water partition coefficient (Wildman–Crippen LogP) is 5.94. The zero-order chi connectivity index (χ0) is 19.1. The number of halogens is 1. The van der Waals surface area contributed by atoms with Crippen LogP contribution in [0.15, 0.2) is 77.7 Å². The number of hydrogen-bond donors (Lipinski definition) is 1. The molecule has 140 valence electrons. The Morgan fingerprint density at radius 2 is 1.67 bits per heavy atom. The standard InChI is InChI=1S/C23H24FNOS/c1-17(25-15-16-27-23-10-6-4-8-21(23)24)18-11-13-19(14-12-18)20-7-3-5-9-22(20)26-2/h3-14,17,25H,15-16H2,1-2H3. The van der Waals surface area contributed by atoms with E-state index in [-0.39, 0.29) is 11.9 Å². The highest BCUT2D eigenvalue weighted by molar-refractivity contribution is 7.99. The van der Waals surface area contributed by atoms with E-state index >= 15 is 0 Å². The van der Waals surface area contributed by atoms with Crippen molar-refractivity contribution in [3.05, 3.63) is 84.2 Å². The number of benzene rings is 3. The van der Waals surface area contributed by atoms with Crippen molar-refractivity contribution in [3.8, 4) is 16.9 Å². The van der Waals surface area contributed by atoms with Crippen molar-refractivity contribution in [1.29, 1.82) is 0 Å². The fraction of sp³-hybridized carbons (Fsp3) is 0.217. The zero-order valence-corrected chi connectivity index (χ0v) is 16.4. The minimum Gasteiger partial charge on any atom is -0.496 e.